The van der Waals surface area contributed by atoms with Crippen LogP contribution in [0.1, 0.15) is 62.0 Å². The van der Waals surface area contributed by atoms with Gasteiger partial charge >= 0.3 is 0 Å². The molecule has 2 aliphatic heterocycles. The minimum Gasteiger partial charge on any atom is -0.381 e. The summed E-state index contributed by atoms with van der Waals surface area (Å²) in [7, 11) is 0. The number of carbonyl (C=O) groups excluding carboxylic acids is 2. The van der Waals surface area contributed by atoms with Crippen LogP contribution in [-0.4, -0.2) is 75.9 Å². The Balaban J connectivity index is 1.63. The van der Waals surface area contributed by atoms with Gasteiger partial charge in [0.2, 0.25) is 6.41 Å². The molecule has 0 atom stereocenters. The van der Waals surface area contributed by atoms with Crippen LogP contribution in [0.15, 0.2) is 59.3 Å². The quantitative estimate of drug-likeness (QED) is 0.262. The molecule has 2 aliphatic rings. The lowest BCUT2D eigenvalue weighted by Gasteiger charge is -2.37. The Kier molecular flexibility index (Phi) is 12.0. The number of carbonyl (C=O) groups is 2. The van der Waals surface area contributed by atoms with Crippen LogP contribution in [0.3, 0.4) is 0 Å². The molecule has 0 spiro atoms. The van der Waals surface area contributed by atoms with Gasteiger partial charge < -0.3 is 25.0 Å². The lowest BCUT2D eigenvalue weighted by atomic mass is 9.94. The maximum atomic E-state index is 13.8. The van der Waals surface area contributed by atoms with Gasteiger partial charge in [-0.05, 0) is 93.5 Å². The molecule has 0 bridgehead atoms. The SMILES string of the molecule is CCN(c1cc(-c2ccc(CN3CCOCC3)cc2)cc(C(=O)NC/C(C)=C(C)/C=C(/C)NC=O)c1C)C1CCOCC1. The van der Waals surface area contributed by atoms with Gasteiger partial charge in [-0.15, -0.1) is 0 Å². The number of benzene rings is 2. The van der Waals surface area contributed by atoms with Crippen LogP contribution in [0, 0.1) is 6.92 Å². The van der Waals surface area contributed by atoms with E-state index in [1.165, 1.54) is 5.56 Å². The molecule has 43 heavy (non-hydrogen) atoms. The first-order valence-corrected chi connectivity index (χ1v) is 15.5. The predicted molar refractivity (Wildman–Crippen MR) is 173 cm³/mol. The highest BCUT2D eigenvalue weighted by atomic mass is 16.5. The van der Waals surface area contributed by atoms with Crippen LogP contribution in [0.2, 0.25) is 0 Å². The zero-order valence-corrected chi connectivity index (χ0v) is 26.5. The summed E-state index contributed by atoms with van der Waals surface area (Å²) in [4.78, 5) is 29.4. The van der Waals surface area contributed by atoms with Crippen molar-refractivity contribution in [3.8, 4) is 11.1 Å². The van der Waals surface area contributed by atoms with Gasteiger partial charge in [0.1, 0.15) is 0 Å². The van der Waals surface area contributed by atoms with E-state index in [9.17, 15) is 9.59 Å². The van der Waals surface area contributed by atoms with Crippen molar-refractivity contribution in [2.45, 2.75) is 60.0 Å². The second-order valence-electron chi connectivity index (χ2n) is 11.6. The summed E-state index contributed by atoms with van der Waals surface area (Å²) >= 11 is 0. The van der Waals surface area contributed by atoms with Crippen molar-refractivity contribution in [2.24, 2.45) is 0 Å². The van der Waals surface area contributed by atoms with Crippen LogP contribution in [0.5, 0.6) is 0 Å². The van der Waals surface area contributed by atoms with E-state index in [0.717, 1.165) is 105 Å². The van der Waals surface area contributed by atoms with Crippen LogP contribution in [0.25, 0.3) is 11.1 Å². The van der Waals surface area contributed by atoms with Gasteiger partial charge in [0.15, 0.2) is 0 Å². The Labute approximate surface area is 257 Å². The molecule has 0 aliphatic carbocycles. The summed E-state index contributed by atoms with van der Waals surface area (Å²) in [6.45, 7) is 17.3. The largest absolute Gasteiger partial charge is 0.381 e. The number of allylic oxidation sites excluding steroid dienone is 3. The predicted octanol–water partition coefficient (Wildman–Crippen LogP) is 5.22. The fraction of sp³-hybridized carbons (Fsp3) is 0.486. The highest BCUT2D eigenvalue weighted by Gasteiger charge is 2.25. The summed E-state index contributed by atoms with van der Waals surface area (Å²) in [5, 5.41) is 5.82. The molecule has 0 unspecified atom stereocenters. The van der Waals surface area contributed by atoms with E-state index in [0.29, 0.717) is 24.6 Å². The Morgan fingerprint density at radius 2 is 1.67 bits per heavy atom. The van der Waals surface area contributed by atoms with E-state index in [1.54, 1.807) is 0 Å². The maximum absolute atomic E-state index is 13.8. The van der Waals surface area contributed by atoms with Crippen molar-refractivity contribution < 1.29 is 19.1 Å². The van der Waals surface area contributed by atoms with Crippen LogP contribution in [0.4, 0.5) is 5.69 Å². The van der Waals surface area contributed by atoms with Crippen molar-refractivity contribution in [3.05, 3.63) is 76.0 Å². The molecule has 2 fully saturated rings. The Morgan fingerprint density at radius 3 is 2.33 bits per heavy atom. The van der Waals surface area contributed by atoms with Crippen molar-refractivity contribution >= 4 is 18.0 Å². The van der Waals surface area contributed by atoms with E-state index in [2.05, 4.69) is 64.6 Å². The van der Waals surface area contributed by atoms with Gasteiger partial charge in [0, 0.05) is 68.9 Å². The topological polar surface area (TPSA) is 83.1 Å². The number of ether oxygens (including phenoxy) is 2. The minimum absolute atomic E-state index is 0.0913. The third-order valence-electron chi connectivity index (χ3n) is 8.61. The van der Waals surface area contributed by atoms with Gasteiger partial charge in [-0.2, -0.15) is 0 Å². The molecule has 2 aromatic carbocycles. The zero-order valence-electron chi connectivity index (χ0n) is 26.5. The average Bonchev–Trinajstić information content (AvgIpc) is 3.02. The number of morpholine rings is 1. The molecule has 2 amide bonds. The van der Waals surface area contributed by atoms with Crippen molar-refractivity contribution in [2.75, 3.05) is 57.5 Å². The Morgan fingerprint density at radius 1 is 1.00 bits per heavy atom. The monoisotopic (exact) mass is 588 g/mol. The molecule has 2 saturated heterocycles. The summed E-state index contributed by atoms with van der Waals surface area (Å²) in [5.41, 5.74) is 8.99. The molecule has 4 rings (SSSR count). The first kappa shape index (κ1) is 32.5. The number of hydrogen-bond acceptors (Lipinski definition) is 6. The summed E-state index contributed by atoms with van der Waals surface area (Å²) < 4.78 is 11.2. The smallest absolute Gasteiger partial charge is 0.251 e. The molecule has 232 valence electrons. The lowest BCUT2D eigenvalue weighted by Crippen LogP contribution is -2.40. The fourth-order valence-corrected chi connectivity index (χ4v) is 5.87. The van der Waals surface area contributed by atoms with Crippen molar-refractivity contribution in [3.63, 3.8) is 0 Å². The molecule has 2 heterocycles. The van der Waals surface area contributed by atoms with E-state index in [-0.39, 0.29) is 5.91 Å². The maximum Gasteiger partial charge on any atom is 0.251 e. The molecule has 0 saturated carbocycles. The highest BCUT2D eigenvalue weighted by Crippen LogP contribution is 2.34. The van der Waals surface area contributed by atoms with Gasteiger partial charge in [-0.3, -0.25) is 14.5 Å². The molecular formula is C35H48N4O4. The molecule has 2 N–H and O–H groups in total. The lowest BCUT2D eigenvalue weighted by molar-refractivity contribution is -0.108. The molecule has 8 nitrogen and oxygen atoms in total. The third-order valence-corrected chi connectivity index (χ3v) is 8.61. The molecule has 2 aromatic rings. The van der Waals surface area contributed by atoms with E-state index >= 15 is 0 Å². The molecular weight excluding hydrogens is 540 g/mol. The number of nitrogens with one attached hydrogen (secondary N) is 2. The van der Waals surface area contributed by atoms with Gasteiger partial charge in [0.05, 0.1) is 13.2 Å². The first-order valence-electron chi connectivity index (χ1n) is 15.5. The van der Waals surface area contributed by atoms with Crippen molar-refractivity contribution in [1.82, 2.24) is 15.5 Å². The second-order valence-corrected chi connectivity index (χ2v) is 11.6. The average molecular weight is 589 g/mol. The van der Waals surface area contributed by atoms with Gasteiger partial charge in [-0.25, -0.2) is 0 Å². The number of anilines is 1. The Hall–Kier alpha value is -3.46. The summed E-state index contributed by atoms with van der Waals surface area (Å²) in [6.07, 6.45) is 4.53. The van der Waals surface area contributed by atoms with E-state index in [4.69, 9.17) is 9.47 Å². The van der Waals surface area contributed by atoms with Crippen LogP contribution < -0.4 is 15.5 Å². The van der Waals surface area contributed by atoms with Gasteiger partial charge in [-0.1, -0.05) is 29.8 Å². The Bertz CT molecular complexity index is 1310. The summed E-state index contributed by atoms with van der Waals surface area (Å²) in [6, 6.07) is 13.4. The molecule has 8 heteroatoms. The standard InChI is InChI=1S/C35H48N4O4/c1-6-39(32-11-15-42-16-12-32)34-21-31(30-9-7-29(8-10-30)23-38-13-17-43-18-14-38)20-33(28(34)5)35(41)36-22-26(3)25(2)19-27(4)37-24-40/h7-10,19-21,24,32H,6,11-18,22-23H2,1-5H3,(H,36,41)(H,37,40)/b26-25+,27-19-. The number of rotatable bonds is 12. The van der Waals surface area contributed by atoms with E-state index < -0.39 is 0 Å². The van der Waals surface area contributed by atoms with Crippen LogP contribution >= 0.6 is 0 Å². The highest BCUT2D eigenvalue weighted by molar-refractivity contribution is 5.99. The first-order chi connectivity index (χ1) is 20.8. The number of nitrogens with zero attached hydrogens (tertiary/aromatic N) is 2. The second kappa shape index (κ2) is 15.8. The zero-order chi connectivity index (χ0) is 30.8. The van der Waals surface area contributed by atoms with E-state index in [1.807, 2.05) is 32.9 Å². The minimum atomic E-state index is -0.0913. The molecule has 0 aromatic heterocycles. The van der Waals surface area contributed by atoms with Gasteiger partial charge in [0.25, 0.3) is 5.91 Å². The fourth-order valence-electron chi connectivity index (χ4n) is 5.87. The number of hydrogen-bond donors (Lipinski definition) is 2. The third kappa shape index (κ3) is 8.78. The van der Waals surface area contributed by atoms with Crippen molar-refractivity contribution in [1.29, 1.82) is 0 Å². The van der Waals surface area contributed by atoms with Crippen LogP contribution in [-0.2, 0) is 20.8 Å². The molecule has 0 radical (unpaired) electrons. The number of amides is 2. The normalized spacial score (nSPS) is 17.3. The summed E-state index contributed by atoms with van der Waals surface area (Å²) in [5.74, 6) is -0.0913.